The second-order valence-electron chi connectivity index (χ2n) is 2.85. The van der Waals surface area contributed by atoms with Crippen molar-refractivity contribution in [2.24, 2.45) is 5.73 Å². The molecule has 2 N–H and O–H groups in total. The van der Waals surface area contributed by atoms with Crippen LogP contribution in [-0.2, 0) is 4.79 Å². The minimum absolute atomic E-state index is 0.303. The fraction of sp³-hybridized carbons (Fsp3) is 0.182. The van der Waals surface area contributed by atoms with Crippen molar-refractivity contribution in [3.63, 3.8) is 0 Å². The molecule has 0 radical (unpaired) electrons. The molecule has 15 heavy (non-hydrogen) atoms. The van der Waals surface area contributed by atoms with E-state index < -0.39 is 11.7 Å². The summed E-state index contributed by atoms with van der Waals surface area (Å²) in [6.45, 7) is 2.30. The summed E-state index contributed by atoms with van der Waals surface area (Å²) in [4.78, 5) is 10.4. The van der Waals surface area contributed by atoms with Gasteiger partial charge in [0.05, 0.1) is 6.61 Å². The first-order chi connectivity index (χ1) is 7.13. The van der Waals surface area contributed by atoms with Crippen LogP contribution >= 0.6 is 0 Å². The number of amides is 1. The van der Waals surface area contributed by atoms with Gasteiger partial charge in [-0.15, -0.1) is 0 Å². The number of carbonyl (C=O) groups excluding carboxylic acids is 1. The van der Waals surface area contributed by atoms with E-state index in [9.17, 15) is 9.18 Å². The normalized spacial score (nSPS) is 10.5. The molecule has 0 fully saturated rings. The molecule has 0 bridgehead atoms. The quantitative estimate of drug-likeness (QED) is 0.767. The van der Waals surface area contributed by atoms with Crippen LogP contribution < -0.4 is 10.5 Å². The Morgan fingerprint density at radius 3 is 2.87 bits per heavy atom. The smallest absolute Gasteiger partial charge is 0.241 e. The van der Waals surface area contributed by atoms with Crippen LogP contribution in [0, 0.1) is 5.82 Å². The van der Waals surface area contributed by atoms with Crippen LogP contribution in [0.25, 0.3) is 6.08 Å². The lowest BCUT2D eigenvalue weighted by molar-refractivity contribution is -0.113. The van der Waals surface area contributed by atoms with Crippen LogP contribution in [-0.4, -0.2) is 12.5 Å². The first-order valence-corrected chi connectivity index (χ1v) is 4.53. The maximum atomic E-state index is 13.3. The minimum Gasteiger partial charge on any atom is -0.494 e. The third-order valence-electron chi connectivity index (χ3n) is 1.71. The predicted octanol–water partition coefficient (Wildman–Crippen LogP) is 1.72. The number of carbonyl (C=O) groups is 1. The molecule has 0 saturated carbocycles. The highest BCUT2D eigenvalue weighted by Gasteiger charge is 2.01. The molecule has 0 atom stereocenters. The van der Waals surface area contributed by atoms with Crippen LogP contribution in [0.2, 0.25) is 0 Å². The second-order valence-corrected chi connectivity index (χ2v) is 2.85. The molecule has 0 aliphatic carbocycles. The molecule has 80 valence electrons. The van der Waals surface area contributed by atoms with E-state index in [2.05, 4.69) is 0 Å². The molecule has 0 aliphatic rings. The molecule has 1 amide bonds. The van der Waals surface area contributed by atoms with Gasteiger partial charge >= 0.3 is 0 Å². The number of ether oxygens (including phenoxy) is 1. The molecule has 0 heterocycles. The number of halogens is 1. The highest BCUT2D eigenvalue weighted by Crippen LogP contribution is 2.17. The Morgan fingerprint density at radius 1 is 1.60 bits per heavy atom. The van der Waals surface area contributed by atoms with Crippen LogP contribution in [0.1, 0.15) is 12.5 Å². The first-order valence-electron chi connectivity index (χ1n) is 4.53. The summed E-state index contributed by atoms with van der Waals surface area (Å²) in [5.41, 5.74) is 5.20. The van der Waals surface area contributed by atoms with Gasteiger partial charge in [0.1, 0.15) is 11.6 Å². The third-order valence-corrected chi connectivity index (χ3v) is 1.71. The van der Waals surface area contributed by atoms with E-state index in [1.165, 1.54) is 18.2 Å². The maximum Gasteiger partial charge on any atom is 0.241 e. The van der Waals surface area contributed by atoms with E-state index in [0.29, 0.717) is 17.9 Å². The van der Waals surface area contributed by atoms with Gasteiger partial charge in [-0.05, 0) is 25.1 Å². The van der Waals surface area contributed by atoms with Crippen molar-refractivity contribution in [1.82, 2.24) is 0 Å². The highest BCUT2D eigenvalue weighted by atomic mass is 19.1. The Balaban J connectivity index is 2.88. The summed E-state index contributed by atoms with van der Waals surface area (Å²) >= 11 is 0. The van der Waals surface area contributed by atoms with E-state index in [1.807, 2.05) is 6.92 Å². The third kappa shape index (κ3) is 3.42. The Morgan fingerprint density at radius 2 is 2.33 bits per heavy atom. The molecule has 0 aliphatic heterocycles. The Labute approximate surface area is 87.3 Å². The summed E-state index contributed by atoms with van der Waals surface area (Å²) in [5, 5.41) is 0. The van der Waals surface area contributed by atoms with Crippen molar-refractivity contribution >= 4 is 12.0 Å². The lowest BCUT2D eigenvalue weighted by Gasteiger charge is -2.03. The molecule has 4 heteroatoms. The maximum absolute atomic E-state index is 13.3. The van der Waals surface area contributed by atoms with Crippen molar-refractivity contribution in [3.8, 4) is 5.75 Å². The lowest BCUT2D eigenvalue weighted by atomic mass is 10.2. The number of hydrogen-bond acceptors (Lipinski definition) is 2. The van der Waals surface area contributed by atoms with Gasteiger partial charge in [0, 0.05) is 17.7 Å². The van der Waals surface area contributed by atoms with Crippen LogP contribution in [0.15, 0.2) is 24.3 Å². The van der Waals surface area contributed by atoms with Crippen molar-refractivity contribution in [2.75, 3.05) is 6.61 Å². The average molecular weight is 209 g/mol. The number of benzene rings is 1. The molecule has 1 aromatic rings. The van der Waals surface area contributed by atoms with Crippen LogP contribution in [0.5, 0.6) is 5.75 Å². The van der Waals surface area contributed by atoms with E-state index in [-0.39, 0.29) is 0 Å². The van der Waals surface area contributed by atoms with Gasteiger partial charge in [-0.2, -0.15) is 0 Å². The first kappa shape index (κ1) is 11.2. The van der Waals surface area contributed by atoms with Gasteiger partial charge in [0.15, 0.2) is 0 Å². The Hall–Kier alpha value is -1.84. The summed E-state index contributed by atoms with van der Waals surface area (Å²) in [6.07, 6.45) is 2.44. The highest BCUT2D eigenvalue weighted by molar-refractivity contribution is 5.90. The Bertz CT molecular complexity index is 388. The largest absolute Gasteiger partial charge is 0.494 e. The number of primary amides is 1. The number of hydrogen-bond donors (Lipinski definition) is 1. The zero-order valence-electron chi connectivity index (χ0n) is 8.37. The van der Waals surface area contributed by atoms with E-state index in [4.69, 9.17) is 10.5 Å². The molecular formula is C11H12FNO2. The molecule has 1 aromatic carbocycles. The lowest BCUT2D eigenvalue weighted by Crippen LogP contribution is -2.05. The van der Waals surface area contributed by atoms with Crippen molar-refractivity contribution < 1.29 is 13.9 Å². The topological polar surface area (TPSA) is 52.3 Å². The molecular weight excluding hydrogens is 197 g/mol. The molecule has 0 saturated heterocycles. The molecule has 0 aromatic heterocycles. The van der Waals surface area contributed by atoms with Gasteiger partial charge in [-0.1, -0.05) is 0 Å². The Kier molecular flexibility index (Phi) is 3.85. The van der Waals surface area contributed by atoms with E-state index in [0.717, 1.165) is 6.08 Å². The molecule has 3 nitrogen and oxygen atoms in total. The van der Waals surface area contributed by atoms with Gasteiger partial charge in [-0.3, -0.25) is 4.79 Å². The van der Waals surface area contributed by atoms with Crippen molar-refractivity contribution in [1.29, 1.82) is 0 Å². The molecule has 1 rings (SSSR count). The fourth-order valence-corrected chi connectivity index (χ4v) is 1.07. The summed E-state index contributed by atoms with van der Waals surface area (Å²) in [5.74, 6) is -0.590. The zero-order chi connectivity index (χ0) is 11.3. The molecule has 0 unspecified atom stereocenters. The van der Waals surface area contributed by atoms with Gasteiger partial charge in [-0.25, -0.2) is 4.39 Å². The van der Waals surface area contributed by atoms with Crippen LogP contribution in [0.3, 0.4) is 0 Å². The predicted molar refractivity (Wildman–Crippen MR) is 55.8 cm³/mol. The van der Waals surface area contributed by atoms with Crippen molar-refractivity contribution in [3.05, 3.63) is 35.7 Å². The van der Waals surface area contributed by atoms with Crippen LogP contribution in [0.4, 0.5) is 4.39 Å². The van der Waals surface area contributed by atoms with Gasteiger partial charge in [0.2, 0.25) is 5.91 Å². The number of nitrogens with two attached hydrogens (primary N) is 1. The molecule has 0 spiro atoms. The monoisotopic (exact) mass is 209 g/mol. The summed E-state index contributed by atoms with van der Waals surface area (Å²) in [7, 11) is 0. The SMILES string of the molecule is CCOc1ccc(C=CC(N)=O)c(F)c1. The zero-order valence-corrected chi connectivity index (χ0v) is 8.37. The van der Waals surface area contributed by atoms with E-state index in [1.54, 1.807) is 6.07 Å². The summed E-state index contributed by atoms with van der Waals surface area (Å²) in [6, 6.07) is 4.43. The standard InChI is InChI=1S/C11H12FNO2/c1-2-15-9-5-3-8(10(12)7-9)4-6-11(13)14/h3-7H,2H2,1H3,(H2,13,14). The van der Waals surface area contributed by atoms with Gasteiger partial charge < -0.3 is 10.5 Å². The average Bonchev–Trinajstić information content (AvgIpc) is 2.17. The fourth-order valence-electron chi connectivity index (χ4n) is 1.07. The second kappa shape index (κ2) is 5.14. The van der Waals surface area contributed by atoms with Crippen molar-refractivity contribution in [2.45, 2.75) is 6.92 Å². The summed E-state index contributed by atoms with van der Waals surface area (Å²) < 4.78 is 18.5. The minimum atomic E-state index is -0.608. The van der Waals surface area contributed by atoms with E-state index >= 15 is 0 Å². The number of rotatable bonds is 4. The van der Waals surface area contributed by atoms with Gasteiger partial charge in [0.25, 0.3) is 0 Å².